The molecule has 0 radical (unpaired) electrons. The molecular formula is C13H23N3. The molecular weight excluding hydrogens is 198 g/mol. The van der Waals surface area contributed by atoms with Crippen molar-refractivity contribution in [2.45, 2.75) is 52.6 Å². The van der Waals surface area contributed by atoms with Gasteiger partial charge in [-0.2, -0.15) is 5.10 Å². The highest BCUT2D eigenvalue weighted by Gasteiger charge is 2.39. The summed E-state index contributed by atoms with van der Waals surface area (Å²) in [6, 6.07) is 2.57. The molecule has 1 saturated carbocycles. The number of nitrogens with one attached hydrogen (secondary N) is 1. The average Bonchev–Trinajstić information content (AvgIpc) is 2.88. The van der Waals surface area contributed by atoms with E-state index < -0.39 is 0 Å². The summed E-state index contributed by atoms with van der Waals surface area (Å²) in [7, 11) is 0. The van der Waals surface area contributed by atoms with E-state index in [1.807, 2.05) is 4.68 Å². The van der Waals surface area contributed by atoms with E-state index in [1.54, 1.807) is 0 Å². The summed E-state index contributed by atoms with van der Waals surface area (Å²) in [4.78, 5) is 0. The third-order valence-electron chi connectivity index (χ3n) is 3.71. The van der Waals surface area contributed by atoms with Gasteiger partial charge in [0.25, 0.3) is 0 Å². The fourth-order valence-corrected chi connectivity index (χ4v) is 2.05. The molecule has 90 valence electrons. The number of nitrogens with zero attached hydrogens (tertiary/aromatic N) is 2. The fraction of sp³-hybridized carbons (Fsp3) is 0.769. The first-order valence-corrected chi connectivity index (χ1v) is 6.40. The molecule has 16 heavy (non-hydrogen) atoms. The molecule has 3 nitrogen and oxygen atoms in total. The predicted octanol–water partition coefficient (Wildman–Crippen LogP) is 2.74. The summed E-state index contributed by atoms with van der Waals surface area (Å²) in [5.74, 6) is 0. The Hall–Kier alpha value is -0.830. The van der Waals surface area contributed by atoms with Crippen molar-refractivity contribution in [2.24, 2.45) is 5.41 Å². The van der Waals surface area contributed by atoms with Crippen molar-refractivity contribution in [3.05, 3.63) is 18.0 Å². The van der Waals surface area contributed by atoms with Crippen molar-refractivity contribution in [1.29, 1.82) is 0 Å². The Bertz CT molecular complexity index is 337. The summed E-state index contributed by atoms with van der Waals surface area (Å²) >= 11 is 0. The maximum absolute atomic E-state index is 4.53. The molecule has 1 aromatic heterocycles. The van der Waals surface area contributed by atoms with E-state index in [-0.39, 0.29) is 0 Å². The lowest BCUT2D eigenvalue weighted by atomic mass is 10.0. The molecule has 1 aliphatic carbocycles. The number of hydrogen-bond donors (Lipinski definition) is 1. The van der Waals surface area contributed by atoms with Gasteiger partial charge in [-0.25, -0.2) is 0 Å². The molecule has 1 fully saturated rings. The Labute approximate surface area is 98.2 Å². The fourth-order valence-electron chi connectivity index (χ4n) is 2.05. The van der Waals surface area contributed by atoms with Crippen molar-refractivity contribution >= 4 is 0 Å². The van der Waals surface area contributed by atoms with E-state index >= 15 is 0 Å². The van der Waals surface area contributed by atoms with Crippen molar-refractivity contribution in [3.8, 4) is 0 Å². The normalized spacial score (nSPS) is 18.0. The van der Waals surface area contributed by atoms with Gasteiger partial charge in [0.15, 0.2) is 0 Å². The Morgan fingerprint density at radius 3 is 2.75 bits per heavy atom. The van der Waals surface area contributed by atoms with Crippen molar-refractivity contribution < 1.29 is 0 Å². The molecule has 1 aromatic rings. The predicted molar refractivity (Wildman–Crippen MR) is 66.3 cm³/mol. The minimum atomic E-state index is 0.458. The van der Waals surface area contributed by atoms with E-state index in [2.05, 4.69) is 43.4 Å². The maximum Gasteiger partial charge on any atom is 0.0762 e. The zero-order chi connectivity index (χ0) is 11.6. The molecule has 1 N–H and O–H groups in total. The van der Waals surface area contributed by atoms with Gasteiger partial charge in [0.1, 0.15) is 0 Å². The van der Waals surface area contributed by atoms with Crippen LogP contribution in [-0.2, 0) is 6.54 Å². The Kier molecular flexibility index (Phi) is 3.33. The van der Waals surface area contributed by atoms with Crippen LogP contribution in [0.3, 0.4) is 0 Å². The zero-order valence-corrected chi connectivity index (χ0v) is 10.7. The van der Waals surface area contributed by atoms with Crippen LogP contribution in [0.2, 0.25) is 0 Å². The quantitative estimate of drug-likeness (QED) is 0.800. The Balaban J connectivity index is 1.77. The van der Waals surface area contributed by atoms with Gasteiger partial charge < -0.3 is 5.32 Å². The van der Waals surface area contributed by atoms with Crippen LogP contribution in [0, 0.1) is 5.41 Å². The first-order valence-electron chi connectivity index (χ1n) is 6.40. The van der Waals surface area contributed by atoms with Crippen LogP contribution in [0.1, 0.15) is 51.8 Å². The molecule has 3 heteroatoms. The van der Waals surface area contributed by atoms with Crippen LogP contribution in [0.15, 0.2) is 12.3 Å². The Morgan fingerprint density at radius 2 is 2.25 bits per heavy atom. The van der Waals surface area contributed by atoms with E-state index in [0.29, 0.717) is 11.5 Å². The lowest BCUT2D eigenvalue weighted by Crippen LogP contribution is -2.23. The Morgan fingerprint density at radius 1 is 1.50 bits per heavy atom. The lowest BCUT2D eigenvalue weighted by Gasteiger charge is -2.12. The van der Waals surface area contributed by atoms with E-state index in [9.17, 15) is 0 Å². The third-order valence-corrected chi connectivity index (χ3v) is 3.71. The van der Waals surface area contributed by atoms with E-state index in [0.717, 1.165) is 18.8 Å². The molecule has 0 spiro atoms. The van der Waals surface area contributed by atoms with Crippen LogP contribution in [0.25, 0.3) is 0 Å². The SMILES string of the molecule is CCC1(CNCc2ccn(C(C)C)n2)CC1. The third kappa shape index (κ3) is 2.64. The molecule has 2 rings (SSSR count). The minimum absolute atomic E-state index is 0.458. The molecule has 0 bridgehead atoms. The lowest BCUT2D eigenvalue weighted by molar-refractivity contribution is 0.439. The summed E-state index contributed by atoms with van der Waals surface area (Å²) < 4.78 is 2.02. The van der Waals surface area contributed by atoms with Gasteiger partial charge in [0.2, 0.25) is 0 Å². The molecule has 0 atom stereocenters. The van der Waals surface area contributed by atoms with Crippen molar-refractivity contribution in [3.63, 3.8) is 0 Å². The minimum Gasteiger partial charge on any atom is -0.311 e. The first kappa shape index (κ1) is 11.6. The number of hydrogen-bond acceptors (Lipinski definition) is 2. The summed E-state index contributed by atoms with van der Waals surface area (Å²) in [6.07, 6.45) is 6.17. The highest BCUT2D eigenvalue weighted by Crippen LogP contribution is 2.47. The van der Waals surface area contributed by atoms with Crippen LogP contribution in [0.4, 0.5) is 0 Å². The summed E-state index contributed by atoms with van der Waals surface area (Å²) in [5.41, 5.74) is 1.78. The molecule has 0 aromatic carbocycles. The molecule has 0 amide bonds. The van der Waals surface area contributed by atoms with Crippen LogP contribution in [0.5, 0.6) is 0 Å². The zero-order valence-electron chi connectivity index (χ0n) is 10.7. The van der Waals surface area contributed by atoms with Gasteiger partial charge in [-0.1, -0.05) is 6.92 Å². The average molecular weight is 221 g/mol. The topological polar surface area (TPSA) is 29.9 Å². The molecule has 0 aliphatic heterocycles. The van der Waals surface area contributed by atoms with E-state index in [4.69, 9.17) is 0 Å². The van der Waals surface area contributed by atoms with Crippen LogP contribution < -0.4 is 5.32 Å². The van der Waals surface area contributed by atoms with Gasteiger partial charge in [-0.05, 0) is 44.6 Å². The molecule has 1 heterocycles. The van der Waals surface area contributed by atoms with Gasteiger partial charge in [-0.3, -0.25) is 4.68 Å². The smallest absolute Gasteiger partial charge is 0.0762 e. The second-order valence-corrected chi connectivity index (χ2v) is 5.34. The highest BCUT2D eigenvalue weighted by atomic mass is 15.3. The van der Waals surface area contributed by atoms with Gasteiger partial charge >= 0.3 is 0 Å². The van der Waals surface area contributed by atoms with Gasteiger partial charge in [0.05, 0.1) is 5.69 Å². The largest absolute Gasteiger partial charge is 0.311 e. The van der Waals surface area contributed by atoms with Crippen molar-refractivity contribution in [2.75, 3.05) is 6.54 Å². The first-order chi connectivity index (χ1) is 7.65. The number of aromatic nitrogens is 2. The summed E-state index contributed by atoms with van der Waals surface area (Å²) in [6.45, 7) is 8.66. The van der Waals surface area contributed by atoms with Gasteiger partial charge in [0, 0.05) is 25.3 Å². The molecule has 0 saturated heterocycles. The monoisotopic (exact) mass is 221 g/mol. The van der Waals surface area contributed by atoms with Crippen LogP contribution in [-0.4, -0.2) is 16.3 Å². The molecule has 1 aliphatic rings. The number of rotatable bonds is 6. The second kappa shape index (κ2) is 4.58. The van der Waals surface area contributed by atoms with E-state index in [1.165, 1.54) is 19.3 Å². The summed E-state index contributed by atoms with van der Waals surface area (Å²) in [5, 5.41) is 8.06. The second-order valence-electron chi connectivity index (χ2n) is 5.34. The maximum atomic E-state index is 4.53. The van der Waals surface area contributed by atoms with Crippen LogP contribution >= 0.6 is 0 Å². The van der Waals surface area contributed by atoms with Crippen molar-refractivity contribution in [1.82, 2.24) is 15.1 Å². The molecule has 0 unspecified atom stereocenters. The highest BCUT2D eigenvalue weighted by molar-refractivity contribution is 5.00. The standard InChI is InChI=1S/C13H23N3/c1-4-13(6-7-13)10-14-9-12-5-8-16(15-12)11(2)3/h5,8,11,14H,4,6-7,9-10H2,1-3H3. The van der Waals surface area contributed by atoms with Gasteiger partial charge in [-0.15, -0.1) is 0 Å².